The summed E-state index contributed by atoms with van der Waals surface area (Å²) >= 11 is 0. The Labute approximate surface area is 140 Å². The van der Waals surface area contributed by atoms with Gasteiger partial charge in [0.25, 0.3) is 0 Å². The molecule has 2 heterocycles. The molecule has 1 atom stereocenters. The molecule has 2 aromatic rings. The van der Waals surface area contributed by atoms with Crippen LogP contribution in [-0.4, -0.2) is 53.7 Å². The molecule has 8 nitrogen and oxygen atoms in total. The number of nitrogens with one attached hydrogen (secondary N) is 2. The molecular weight excluding hydrogens is 328 g/mol. The molecular formula is C15H20N6O2S. The van der Waals surface area contributed by atoms with E-state index in [1.807, 2.05) is 24.3 Å². The van der Waals surface area contributed by atoms with E-state index in [1.54, 1.807) is 18.1 Å². The molecule has 0 saturated carbocycles. The number of aliphatic imine (C=N–C) groups is 1. The second-order valence-electron chi connectivity index (χ2n) is 5.68. The van der Waals surface area contributed by atoms with Gasteiger partial charge >= 0.3 is 0 Å². The Kier molecular flexibility index (Phi) is 4.79. The SMILES string of the molecule is CN=C(NCc1ccc(-n2cncn2)cc1)NC1CCS(=O)(=O)C1. The number of sulfone groups is 1. The Hall–Kier alpha value is -2.42. The fraction of sp³-hybridized carbons (Fsp3) is 0.400. The van der Waals surface area contributed by atoms with Gasteiger partial charge in [0, 0.05) is 19.6 Å². The monoisotopic (exact) mass is 348 g/mol. The largest absolute Gasteiger partial charge is 0.353 e. The van der Waals surface area contributed by atoms with Gasteiger partial charge in [0.1, 0.15) is 12.7 Å². The number of guanidine groups is 1. The third-order valence-electron chi connectivity index (χ3n) is 3.88. The topological polar surface area (TPSA) is 101 Å². The van der Waals surface area contributed by atoms with Crippen LogP contribution in [0, 0.1) is 0 Å². The predicted octanol–water partition coefficient (Wildman–Crippen LogP) is 0.119. The van der Waals surface area contributed by atoms with Crippen LogP contribution in [0.5, 0.6) is 0 Å². The van der Waals surface area contributed by atoms with Crippen molar-refractivity contribution >= 4 is 15.8 Å². The van der Waals surface area contributed by atoms with Gasteiger partial charge in [-0.05, 0) is 24.1 Å². The van der Waals surface area contributed by atoms with Crippen molar-refractivity contribution in [1.29, 1.82) is 0 Å². The molecule has 9 heteroatoms. The lowest BCUT2D eigenvalue weighted by Crippen LogP contribution is -2.43. The summed E-state index contributed by atoms with van der Waals surface area (Å²) in [6.07, 6.45) is 3.76. The molecule has 1 aliphatic heterocycles. The fourth-order valence-electron chi connectivity index (χ4n) is 2.59. The van der Waals surface area contributed by atoms with E-state index >= 15 is 0 Å². The lowest BCUT2D eigenvalue weighted by Gasteiger charge is -2.16. The van der Waals surface area contributed by atoms with Crippen molar-refractivity contribution in [1.82, 2.24) is 25.4 Å². The molecule has 0 aliphatic carbocycles. The molecule has 128 valence electrons. The zero-order valence-electron chi connectivity index (χ0n) is 13.4. The molecule has 1 aliphatic rings. The van der Waals surface area contributed by atoms with Gasteiger partial charge < -0.3 is 10.6 Å². The first-order valence-electron chi connectivity index (χ1n) is 7.67. The van der Waals surface area contributed by atoms with E-state index in [4.69, 9.17) is 0 Å². The highest BCUT2D eigenvalue weighted by Crippen LogP contribution is 2.11. The van der Waals surface area contributed by atoms with Crippen molar-refractivity contribution in [2.45, 2.75) is 19.0 Å². The zero-order valence-corrected chi connectivity index (χ0v) is 14.2. The van der Waals surface area contributed by atoms with Gasteiger partial charge in [-0.15, -0.1) is 0 Å². The molecule has 1 fully saturated rings. The van der Waals surface area contributed by atoms with Crippen LogP contribution in [0.1, 0.15) is 12.0 Å². The van der Waals surface area contributed by atoms with Gasteiger partial charge in [-0.25, -0.2) is 18.1 Å². The lowest BCUT2D eigenvalue weighted by atomic mass is 10.2. The number of nitrogens with zero attached hydrogens (tertiary/aromatic N) is 4. The van der Waals surface area contributed by atoms with Crippen LogP contribution in [-0.2, 0) is 16.4 Å². The van der Waals surface area contributed by atoms with Crippen LogP contribution in [0.15, 0.2) is 41.9 Å². The molecule has 24 heavy (non-hydrogen) atoms. The highest BCUT2D eigenvalue weighted by atomic mass is 32.2. The standard InChI is InChI=1S/C15H20N6O2S/c1-16-15(20-13-6-7-24(22,23)9-13)18-8-12-2-4-14(5-3-12)21-11-17-10-19-21/h2-5,10-11,13H,6-9H2,1H3,(H2,16,18,20). The molecule has 1 unspecified atom stereocenters. The molecule has 1 saturated heterocycles. The van der Waals surface area contributed by atoms with Gasteiger partial charge in [0.05, 0.1) is 17.2 Å². The molecule has 3 rings (SSSR count). The first kappa shape index (κ1) is 16.4. The van der Waals surface area contributed by atoms with Crippen LogP contribution in [0.25, 0.3) is 5.69 Å². The summed E-state index contributed by atoms with van der Waals surface area (Å²) in [5.41, 5.74) is 2.02. The molecule has 2 N–H and O–H groups in total. The molecule has 0 bridgehead atoms. The van der Waals surface area contributed by atoms with Gasteiger partial charge in [0.15, 0.2) is 15.8 Å². The number of hydrogen-bond acceptors (Lipinski definition) is 5. The third kappa shape index (κ3) is 4.10. The van der Waals surface area contributed by atoms with Gasteiger partial charge in [-0.2, -0.15) is 5.10 Å². The molecule has 0 radical (unpaired) electrons. The van der Waals surface area contributed by atoms with Crippen molar-refractivity contribution in [2.24, 2.45) is 4.99 Å². The summed E-state index contributed by atoms with van der Waals surface area (Å²) in [6.45, 7) is 0.594. The van der Waals surface area contributed by atoms with E-state index in [0.29, 0.717) is 18.9 Å². The quantitative estimate of drug-likeness (QED) is 0.601. The van der Waals surface area contributed by atoms with Crippen molar-refractivity contribution < 1.29 is 8.42 Å². The van der Waals surface area contributed by atoms with E-state index < -0.39 is 9.84 Å². The summed E-state index contributed by atoms with van der Waals surface area (Å²) in [7, 11) is -1.23. The normalized spacial score (nSPS) is 20.0. The average molecular weight is 348 g/mol. The van der Waals surface area contributed by atoms with E-state index in [1.165, 1.54) is 6.33 Å². The zero-order chi connectivity index (χ0) is 17.0. The van der Waals surface area contributed by atoms with Crippen LogP contribution in [0.4, 0.5) is 0 Å². The van der Waals surface area contributed by atoms with Crippen molar-refractivity contribution in [3.8, 4) is 5.69 Å². The first-order chi connectivity index (χ1) is 11.6. The minimum atomic E-state index is -2.90. The molecule has 1 aromatic carbocycles. The number of benzene rings is 1. The van der Waals surface area contributed by atoms with Gasteiger partial charge in [-0.1, -0.05) is 12.1 Å². The maximum absolute atomic E-state index is 11.5. The van der Waals surface area contributed by atoms with Gasteiger partial charge in [-0.3, -0.25) is 4.99 Å². The first-order valence-corrected chi connectivity index (χ1v) is 9.49. The highest BCUT2D eigenvalue weighted by molar-refractivity contribution is 7.91. The molecule has 0 spiro atoms. The van der Waals surface area contributed by atoms with E-state index in [0.717, 1.165) is 11.3 Å². The number of hydrogen-bond donors (Lipinski definition) is 2. The maximum Gasteiger partial charge on any atom is 0.191 e. The molecule has 0 amide bonds. The summed E-state index contributed by atoms with van der Waals surface area (Å²) in [5.74, 6) is 1.02. The summed E-state index contributed by atoms with van der Waals surface area (Å²) in [6, 6.07) is 7.85. The highest BCUT2D eigenvalue weighted by Gasteiger charge is 2.28. The van der Waals surface area contributed by atoms with Gasteiger partial charge in [0.2, 0.25) is 0 Å². The second-order valence-corrected chi connectivity index (χ2v) is 7.91. The van der Waals surface area contributed by atoms with E-state index in [-0.39, 0.29) is 17.5 Å². The smallest absolute Gasteiger partial charge is 0.191 e. The number of rotatable bonds is 4. The van der Waals surface area contributed by atoms with Crippen molar-refractivity contribution in [2.75, 3.05) is 18.6 Å². The summed E-state index contributed by atoms with van der Waals surface area (Å²) < 4.78 is 24.7. The summed E-state index contributed by atoms with van der Waals surface area (Å²) in [4.78, 5) is 8.07. The van der Waals surface area contributed by atoms with Crippen molar-refractivity contribution in [3.63, 3.8) is 0 Å². The Morgan fingerprint density at radius 1 is 1.38 bits per heavy atom. The maximum atomic E-state index is 11.5. The second kappa shape index (κ2) is 7.00. The Morgan fingerprint density at radius 3 is 2.75 bits per heavy atom. The predicted molar refractivity (Wildman–Crippen MR) is 91.8 cm³/mol. The summed E-state index contributed by atoms with van der Waals surface area (Å²) in [5, 5.41) is 10.5. The van der Waals surface area contributed by atoms with Crippen LogP contribution >= 0.6 is 0 Å². The van der Waals surface area contributed by atoms with Crippen LogP contribution in [0.3, 0.4) is 0 Å². The Bertz CT molecular complexity index is 799. The minimum absolute atomic E-state index is 0.0732. The Morgan fingerprint density at radius 2 is 2.17 bits per heavy atom. The third-order valence-corrected chi connectivity index (χ3v) is 5.64. The van der Waals surface area contributed by atoms with E-state index in [2.05, 4.69) is 25.7 Å². The van der Waals surface area contributed by atoms with Crippen LogP contribution in [0.2, 0.25) is 0 Å². The average Bonchev–Trinajstić information content (AvgIpc) is 3.21. The van der Waals surface area contributed by atoms with E-state index in [9.17, 15) is 8.42 Å². The van der Waals surface area contributed by atoms with Crippen LogP contribution < -0.4 is 10.6 Å². The van der Waals surface area contributed by atoms with Crippen molar-refractivity contribution in [3.05, 3.63) is 42.5 Å². The Balaban J connectivity index is 1.54. The molecule has 1 aromatic heterocycles. The fourth-order valence-corrected chi connectivity index (χ4v) is 4.26. The minimum Gasteiger partial charge on any atom is -0.353 e. The number of aromatic nitrogens is 3. The lowest BCUT2D eigenvalue weighted by molar-refractivity contribution is 0.599.